The Balaban J connectivity index is 2.03. The first-order chi connectivity index (χ1) is 10.8. The normalized spacial score (nSPS) is 17.3. The lowest BCUT2D eigenvalue weighted by molar-refractivity contribution is 0.122. The molecule has 1 aromatic heterocycles. The van der Waals surface area contributed by atoms with Crippen LogP contribution in [0.5, 0.6) is 0 Å². The Morgan fingerprint density at radius 1 is 1.35 bits per heavy atom. The molecule has 8 heteroatoms. The molecule has 0 aromatic carbocycles. The van der Waals surface area contributed by atoms with Gasteiger partial charge in [0.2, 0.25) is 10.0 Å². The van der Waals surface area contributed by atoms with E-state index in [2.05, 4.69) is 15.2 Å². The summed E-state index contributed by atoms with van der Waals surface area (Å²) in [5.74, 6) is 0.981. The number of ether oxygens (including phenoxy) is 1. The van der Waals surface area contributed by atoms with Crippen molar-refractivity contribution in [2.24, 2.45) is 0 Å². The van der Waals surface area contributed by atoms with Gasteiger partial charge in [-0.05, 0) is 26.0 Å². The third-order valence-electron chi connectivity index (χ3n) is 3.83. The number of anilines is 2. The highest BCUT2D eigenvalue weighted by atomic mass is 32.2. The second-order valence-electron chi connectivity index (χ2n) is 6.01. The van der Waals surface area contributed by atoms with Crippen molar-refractivity contribution in [1.29, 1.82) is 0 Å². The molecule has 0 saturated carbocycles. The van der Waals surface area contributed by atoms with Gasteiger partial charge >= 0.3 is 0 Å². The summed E-state index contributed by atoms with van der Waals surface area (Å²) < 4.78 is 30.5. The Hall–Kier alpha value is -1.38. The highest BCUT2D eigenvalue weighted by Gasteiger charge is 2.19. The van der Waals surface area contributed by atoms with Crippen molar-refractivity contribution in [1.82, 2.24) is 9.29 Å². The van der Waals surface area contributed by atoms with E-state index in [1.165, 1.54) is 4.31 Å². The fraction of sp³-hybridized carbons (Fsp3) is 0.667. The molecule has 0 amide bonds. The number of sulfonamides is 1. The third-order valence-corrected chi connectivity index (χ3v) is 5.86. The first-order valence-corrected chi connectivity index (χ1v) is 9.37. The Labute approximate surface area is 138 Å². The molecule has 1 saturated heterocycles. The van der Waals surface area contributed by atoms with Gasteiger partial charge in [-0.25, -0.2) is 17.7 Å². The third kappa shape index (κ3) is 4.79. The Bertz CT molecular complexity index is 628. The lowest BCUT2D eigenvalue weighted by Crippen LogP contribution is -2.37. The fourth-order valence-electron chi connectivity index (χ4n) is 2.44. The maximum Gasteiger partial charge on any atom is 0.215 e. The van der Waals surface area contributed by atoms with E-state index < -0.39 is 10.0 Å². The van der Waals surface area contributed by atoms with Gasteiger partial charge in [-0.2, -0.15) is 0 Å². The average Bonchev–Trinajstić information content (AvgIpc) is 2.49. The van der Waals surface area contributed by atoms with Gasteiger partial charge in [0.1, 0.15) is 5.82 Å². The van der Waals surface area contributed by atoms with E-state index in [9.17, 15) is 8.42 Å². The van der Waals surface area contributed by atoms with E-state index in [4.69, 9.17) is 4.74 Å². The second kappa shape index (κ2) is 7.46. The van der Waals surface area contributed by atoms with Crippen molar-refractivity contribution >= 4 is 21.5 Å². The van der Waals surface area contributed by atoms with Crippen LogP contribution >= 0.6 is 0 Å². The first kappa shape index (κ1) is 18.0. The lowest BCUT2D eigenvalue weighted by Gasteiger charge is -2.28. The second-order valence-corrected chi connectivity index (χ2v) is 8.24. The molecule has 1 aromatic rings. The molecule has 130 valence electrons. The minimum atomic E-state index is -3.23. The van der Waals surface area contributed by atoms with Crippen LogP contribution in [0.1, 0.15) is 12.6 Å². The van der Waals surface area contributed by atoms with E-state index in [0.29, 0.717) is 0 Å². The van der Waals surface area contributed by atoms with Gasteiger partial charge in [-0.15, -0.1) is 0 Å². The molecule has 1 N–H and O–H groups in total. The molecule has 0 radical (unpaired) electrons. The van der Waals surface area contributed by atoms with E-state index >= 15 is 0 Å². The highest BCUT2D eigenvalue weighted by Crippen LogP contribution is 2.20. The predicted octanol–water partition coefficient (Wildman–Crippen LogP) is 0.918. The van der Waals surface area contributed by atoms with Gasteiger partial charge in [-0.3, -0.25) is 0 Å². The SMILES string of the molecule is Cc1nc(N2CCOCC2)ccc1NC(C)CS(=O)(=O)N(C)C. The van der Waals surface area contributed by atoms with E-state index in [-0.39, 0.29) is 11.8 Å². The molecule has 1 atom stereocenters. The molecular weight excluding hydrogens is 316 g/mol. The van der Waals surface area contributed by atoms with Crippen molar-refractivity contribution in [2.75, 3.05) is 56.4 Å². The van der Waals surface area contributed by atoms with Gasteiger partial charge in [0.25, 0.3) is 0 Å². The zero-order valence-corrected chi connectivity index (χ0v) is 15.1. The monoisotopic (exact) mass is 342 g/mol. The summed E-state index contributed by atoms with van der Waals surface area (Å²) in [6.45, 7) is 6.92. The summed E-state index contributed by atoms with van der Waals surface area (Å²) in [4.78, 5) is 6.82. The summed E-state index contributed by atoms with van der Waals surface area (Å²) in [5, 5.41) is 3.24. The molecule has 0 bridgehead atoms. The van der Waals surface area contributed by atoms with Crippen molar-refractivity contribution in [3.8, 4) is 0 Å². The molecule has 0 aliphatic carbocycles. The molecular formula is C15H26N4O3S. The number of aromatic nitrogens is 1. The molecule has 1 fully saturated rings. The molecule has 1 unspecified atom stereocenters. The van der Waals surface area contributed by atoms with Crippen molar-refractivity contribution in [3.05, 3.63) is 17.8 Å². The molecule has 2 rings (SSSR count). The lowest BCUT2D eigenvalue weighted by atomic mass is 10.2. The van der Waals surface area contributed by atoms with Gasteiger partial charge in [0.15, 0.2) is 0 Å². The van der Waals surface area contributed by atoms with Crippen LogP contribution < -0.4 is 10.2 Å². The van der Waals surface area contributed by atoms with Crippen LogP contribution in [-0.4, -0.2) is 69.9 Å². The molecule has 23 heavy (non-hydrogen) atoms. The summed E-state index contributed by atoms with van der Waals surface area (Å²) in [7, 11) is -0.132. The van der Waals surface area contributed by atoms with Crippen LogP contribution in [-0.2, 0) is 14.8 Å². The molecule has 2 heterocycles. The van der Waals surface area contributed by atoms with E-state index in [0.717, 1.165) is 43.5 Å². The highest BCUT2D eigenvalue weighted by molar-refractivity contribution is 7.89. The Morgan fingerprint density at radius 2 is 2.00 bits per heavy atom. The quantitative estimate of drug-likeness (QED) is 0.829. The van der Waals surface area contributed by atoms with Crippen molar-refractivity contribution in [3.63, 3.8) is 0 Å². The zero-order valence-electron chi connectivity index (χ0n) is 14.2. The van der Waals surface area contributed by atoms with Crippen LogP contribution in [0, 0.1) is 6.92 Å². The van der Waals surface area contributed by atoms with Crippen LogP contribution in [0.4, 0.5) is 11.5 Å². The van der Waals surface area contributed by atoms with Crippen LogP contribution in [0.3, 0.4) is 0 Å². The van der Waals surface area contributed by atoms with Gasteiger partial charge in [0, 0.05) is 33.2 Å². The molecule has 1 aliphatic heterocycles. The van der Waals surface area contributed by atoms with Crippen LogP contribution in [0.15, 0.2) is 12.1 Å². The number of hydrogen-bond acceptors (Lipinski definition) is 6. The van der Waals surface area contributed by atoms with Gasteiger partial charge < -0.3 is 15.0 Å². The largest absolute Gasteiger partial charge is 0.380 e. The molecule has 7 nitrogen and oxygen atoms in total. The fourth-order valence-corrected chi connectivity index (χ4v) is 3.45. The van der Waals surface area contributed by atoms with Gasteiger partial charge in [-0.1, -0.05) is 0 Å². The first-order valence-electron chi connectivity index (χ1n) is 7.76. The van der Waals surface area contributed by atoms with Crippen molar-refractivity contribution < 1.29 is 13.2 Å². The number of nitrogens with zero attached hydrogens (tertiary/aromatic N) is 3. The molecule has 0 spiro atoms. The number of pyridine rings is 1. The zero-order chi connectivity index (χ0) is 17.0. The summed E-state index contributed by atoms with van der Waals surface area (Å²) in [5.41, 5.74) is 1.73. The Kier molecular flexibility index (Phi) is 5.83. The predicted molar refractivity (Wildman–Crippen MR) is 92.6 cm³/mol. The minimum Gasteiger partial charge on any atom is -0.380 e. The van der Waals surface area contributed by atoms with Gasteiger partial charge in [0.05, 0.1) is 30.3 Å². The minimum absolute atomic E-state index is 0.0463. The summed E-state index contributed by atoms with van der Waals surface area (Å²) >= 11 is 0. The van der Waals surface area contributed by atoms with Crippen LogP contribution in [0.2, 0.25) is 0 Å². The average molecular weight is 342 g/mol. The topological polar surface area (TPSA) is 74.8 Å². The number of hydrogen-bond donors (Lipinski definition) is 1. The maximum atomic E-state index is 11.9. The standard InChI is InChI=1S/C15H26N4O3S/c1-12(11-23(20,21)18(3)4)16-14-5-6-15(17-13(14)2)19-7-9-22-10-8-19/h5-6,12,16H,7-11H2,1-4H3. The number of nitrogens with one attached hydrogen (secondary N) is 1. The number of morpholine rings is 1. The van der Waals surface area contributed by atoms with Crippen molar-refractivity contribution in [2.45, 2.75) is 19.9 Å². The van der Waals surface area contributed by atoms with Crippen LogP contribution in [0.25, 0.3) is 0 Å². The van der Waals surface area contributed by atoms with E-state index in [1.807, 2.05) is 26.0 Å². The smallest absolute Gasteiger partial charge is 0.215 e. The summed E-state index contributed by atoms with van der Waals surface area (Å²) in [6, 6.07) is 3.73. The number of rotatable bonds is 6. The van der Waals surface area contributed by atoms with E-state index in [1.54, 1.807) is 14.1 Å². The number of aryl methyl sites for hydroxylation is 1. The maximum absolute atomic E-state index is 11.9. The molecule has 1 aliphatic rings. The Morgan fingerprint density at radius 3 is 2.57 bits per heavy atom. The summed E-state index contributed by atoms with van der Waals surface area (Å²) in [6.07, 6.45) is 0.